The fraction of sp³-hybridized carbons (Fsp3) is 0. The van der Waals surface area contributed by atoms with Gasteiger partial charge in [-0.05, 0) is 0 Å². The van der Waals surface area contributed by atoms with Crippen LogP contribution in [0.1, 0.15) is 0 Å². The van der Waals surface area contributed by atoms with Gasteiger partial charge < -0.3 is 26.3 Å². The van der Waals surface area contributed by atoms with Crippen molar-refractivity contribution in [3.63, 3.8) is 0 Å². The summed E-state index contributed by atoms with van der Waals surface area (Å²) in [5.41, 5.74) is 0. The molecule has 0 fully saturated rings. The molecule has 40 valence electrons. The Hall–Kier alpha value is 0.120. The van der Waals surface area contributed by atoms with Crippen molar-refractivity contribution in [1.82, 2.24) is 0 Å². The molecule has 0 saturated heterocycles. The van der Waals surface area contributed by atoms with Crippen molar-refractivity contribution in [3.8, 4) is 0 Å². The Kier molecular flexibility index (Phi) is 64.5. The van der Waals surface area contributed by atoms with Crippen LogP contribution in [0.15, 0.2) is 0 Å². The Morgan fingerprint density at radius 3 is 1.14 bits per heavy atom. The van der Waals surface area contributed by atoms with Gasteiger partial charge in [0.05, 0.1) is 5.09 Å². The maximum atomic E-state index is 8.25. The maximum absolute atomic E-state index is 8.25. The van der Waals surface area contributed by atoms with E-state index >= 15 is 0 Å². The predicted octanol–water partition coefficient (Wildman–Crippen LogP) is -4.88. The second kappa shape index (κ2) is 16.5. The van der Waals surface area contributed by atoms with Crippen LogP contribution < -0.4 is 29.6 Å². The molecule has 0 spiro atoms. The van der Waals surface area contributed by atoms with Crippen LogP contribution in [-0.2, 0) is 0 Å². The summed E-state index contributed by atoms with van der Waals surface area (Å²) in [6.45, 7) is 0. The first-order chi connectivity index (χ1) is 1.73. The molecule has 0 rings (SSSR count). The first kappa shape index (κ1) is 27.4. The summed E-state index contributed by atoms with van der Waals surface area (Å²) < 4.78 is 0. The van der Waals surface area contributed by atoms with Crippen molar-refractivity contribution >= 4 is 0 Å². The first-order valence-corrected chi connectivity index (χ1v) is 0.548. The number of hydrogen-bond donors (Lipinski definition) is 0. The minimum absolute atomic E-state index is 0. The second-order valence-electron chi connectivity index (χ2n) is 0.224. The largest absolute Gasteiger partial charge is 1.00 e. The van der Waals surface area contributed by atoms with Crippen LogP contribution in [0, 0.1) is 15.3 Å². The second-order valence-corrected chi connectivity index (χ2v) is 0.224. The molecular weight excluding hydrogens is 117 g/mol. The summed E-state index contributed by atoms with van der Waals surface area (Å²) in [5, 5.41) is 14.8. The Morgan fingerprint density at radius 2 is 1.14 bits per heavy atom. The van der Waals surface area contributed by atoms with Gasteiger partial charge in [-0.1, -0.05) is 0 Å². The molecule has 6 nitrogen and oxygen atoms in total. The van der Waals surface area contributed by atoms with Crippen LogP contribution in [0.2, 0.25) is 0 Å². The van der Waals surface area contributed by atoms with Gasteiger partial charge in [0, 0.05) is 0 Å². The summed E-state index contributed by atoms with van der Waals surface area (Å²) in [6.07, 6.45) is 0. The average Bonchev–Trinajstić information content (AvgIpc) is 0.811. The molecule has 0 amide bonds. The van der Waals surface area contributed by atoms with E-state index in [9.17, 15) is 0 Å². The third-order valence-corrected chi connectivity index (χ3v) is 0. The van der Waals surface area contributed by atoms with Gasteiger partial charge in [-0.3, -0.25) is 0 Å². The maximum Gasteiger partial charge on any atom is 1.00 e. The molecule has 0 aliphatic rings. The predicted molar refractivity (Wildman–Crippen MR) is 17.6 cm³/mol. The topological polar surface area (TPSA) is 129 Å². The molecule has 0 heterocycles. The SMILES string of the molecule is O.O.O=[N+]([O-])[O-].[Na+]. The molecule has 0 saturated carbocycles. The molecule has 7 heavy (non-hydrogen) atoms. The van der Waals surface area contributed by atoms with Crippen molar-refractivity contribution < 1.29 is 45.6 Å². The minimum Gasteiger partial charge on any atom is -0.412 e. The fourth-order valence-electron chi connectivity index (χ4n) is 0. The molecule has 7 heteroatoms. The van der Waals surface area contributed by atoms with E-state index in [0.29, 0.717) is 0 Å². The van der Waals surface area contributed by atoms with Gasteiger partial charge in [-0.15, -0.1) is 0 Å². The molecule has 0 aromatic heterocycles. The van der Waals surface area contributed by atoms with Crippen LogP contribution in [0.4, 0.5) is 0 Å². The van der Waals surface area contributed by atoms with E-state index in [1.54, 1.807) is 0 Å². The van der Waals surface area contributed by atoms with Crippen molar-refractivity contribution in [2.24, 2.45) is 0 Å². The molecule has 0 aliphatic carbocycles. The van der Waals surface area contributed by atoms with E-state index in [0.717, 1.165) is 0 Å². The molecule has 0 aromatic rings. The zero-order valence-corrected chi connectivity index (χ0v) is 5.67. The molecule has 0 atom stereocenters. The van der Waals surface area contributed by atoms with Crippen LogP contribution in [0.25, 0.3) is 0 Å². The average molecular weight is 121 g/mol. The van der Waals surface area contributed by atoms with Crippen LogP contribution in [0.3, 0.4) is 0 Å². The van der Waals surface area contributed by atoms with E-state index in [2.05, 4.69) is 0 Å². The molecule has 0 bridgehead atoms. The van der Waals surface area contributed by atoms with Crippen molar-refractivity contribution in [1.29, 1.82) is 0 Å². The Labute approximate surface area is 61.2 Å². The van der Waals surface area contributed by atoms with Gasteiger partial charge in [-0.25, -0.2) is 0 Å². The molecule has 0 radical (unpaired) electrons. The van der Waals surface area contributed by atoms with Gasteiger partial charge in [0.1, 0.15) is 0 Å². The summed E-state index contributed by atoms with van der Waals surface area (Å²) in [7, 11) is 0. The van der Waals surface area contributed by atoms with Crippen molar-refractivity contribution in [3.05, 3.63) is 15.3 Å². The van der Waals surface area contributed by atoms with E-state index in [1.165, 1.54) is 0 Å². The van der Waals surface area contributed by atoms with Gasteiger partial charge in [0.2, 0.25) is 0 Å². The van der Waals surface area contributed by atoms with Crippen molar-refractivity contribution in [2.75, 3.05) is 0 Å². The molecule has 0 unspecified atom stereocenters. The number of hydrogen-bond acceptors (Lipinski definition) is 3. The van der Waals surface area contributed by atoms with Crippen LogP contribution in [-0.4, -0.2) is 16.0 Å². The van der Waals surface area contributed by atoms with E-state index in [4.69, 9.17) is 15.3 Å². The molecule has 4 N–H and O–H groups in total. The van der Waals surface area contributed by atoms with Crippen LogP contribution in [0.5, 0.6) is 0 Å². The Bertz CT molecular complexity index is 31.1. The van der Waals surface area contributed by atoms with Gasteiger partial charge in [0.15, 0.2) is 0 Å². The standard InChI is InChI=1S/NO3.Na.2H2O/c2-1(3)4;;;/h;;2*1H2/q-1;+1;;. The van der Waals surface area contributed by atoms with Gasteiger partial charge >= 0.3 is 29.6 Å². The first-order valence-electron chi connectivity index (χ1n) is 0.548. The van der Waals surface area contributed by atoms with Crippen molar-refractivity contribution in [2.45, 2.75) is 0 Å². The quantitative estimate of drug-likeness (QED) is 0.181. The zero-order chi connectivity index (χ0) is 3.58. The normalized spacial score (nSPS) is 3.43. The van der Waals surface area contributed by atoms with Gasteiger partial charge in [0.25, 0.3) is 0 Å². The number of nitrogens with zero attached hydrogens (tertiary/aromatic N) is 1. The van der Waals surface area contributed by atoms with E-state index < -0.39 is 5.09 Å². The smallest absolute Gasteiger partial charge is 0.412 e. The summed E-state index contributed by atoms with van der Waals surface area (Å²) >= 11 is 0. The fourth-order valence-corrected chi connectivity index (χ4v) is 0. The molecule has 0 aromatic carbocycles. The van der Waals surface area contributed by atoms with Crippen LogP contribution >= 0.6 is 0 Å². The Balaban J connectivity index is -0.0000000150. The minimum atomic E-state index is -1.75. The third kappa shape index (κ3) is 7210. The monoisotopic (exact) mass is 121 g/mol. The molecule has 0 aliphatic heterocycles. The summed E-state index contributed by atoms with van der Waals surface area (Å²) in [5.74, 6) is 0. The zero-order valence-electron chi connectivity index (χ0n) is 3.67. The van der Waals surface area contributed by atoms with E-state index in [1.807, 2.05) is 0 Å². The summed E-state index contributed by atoms with van der Waals surface area (Å²) in [6, 6.07) is 0. The third-order valence-electron chi connectivity index (χ3n) is 0. The van der Waals surface area contributed by atoms with E-state index in [-0.39, 0.29) is 40.5 Å². The van der Waals surface area contributed by atoms with Gasteiger partial charge in [-0.2, -0.15) is 0 Å². The Morgan fingerprint density at radius 1 is 1.14 bits per heavy atom. The number of rotatable bonds is 0. The summed E-state index contributed by atoms with van der Waals surface area (Å²) in [4.78, 5) is 8.25. The molecular formula is H4NNaO5.